The van der Waals surface area contributed by atoms with Gasteiger partial charge in [0.05, 0.1) is 12.8 Å². The zero-order valence-corrected chi connectivity index (χ0v) is 16.5. The minimum atomic E-state index is -1.51. The standard InChI is InChI=1S/C17H20F2N6O4S/c18-10-5-9(14(21-17(29)30)12-7-20-23-22-12)6-11(19)15(10)24-1-3-25(4-2-24)16(28)13(27)8-26/h5-7,13-14,26-27H,1-4,8H2,(H,20,22,23)(H2,21,29,30)/t13-,14?/m0/s1. The zero-order chi connectivity index (χ0) is 21.8. The first-order valence-corrected chi connectivity index (χ1v) is 9.43. The van der Waals surface area contributed by atoms with E-state index in [0.717, 1.165) is 12.1 Å². The van der Waals surface area contributed by atoms with Crippen molar-refractivity contribution in [1.29, 1.82) is 0 Å². The Morgan fingerprint density at radius 2 is 1.87 bits per heavy atom. The molecule has 2 aromatic rings. The molecule has 0 aliphatic carbocycles. The summed E-state index contributed by atoms with van der Waals surface area (Å²) in [6, 6.07) is 1.23. The lowest BCUT2D eigenvalue weighted by Crippen LogP contribution is -2.52. The summed E-state index contributed by atoms with van der Waals surface area (Å²) in [6.07, 6.45) is -0.199. The number of carbonyl (C=O) groups excluding carboxylic acids is 2. The van der Waals surface area contributed by atoms with Crippen LogP contribution in [0, 0.1) is 11.6 Å². The number of aliphatic hydroxyl groups excluding tert-OH is 2. The van der Waals surface area contributed by atoms with Crippen LogP contribution in [-0.2, 0) is 4.79 Å². The number of carbonyl (C=O) groups is 2. The van der Waals surface area contributed by atoms with Crippen LogP contribution in [0.25, 0.3) is 0 Å². The van der Waals surface area contributed by atoms with Crippen LogP contribution in [0.15, 0.2) is 18.3 Å². The van der Waals surface area contributed by atoms with Crippen LogP contribution in [0.1, 0.15) is 17.3 Å². The molecule has 162 valence electrons. The molecule has 1 aliphatic heterocycles. The highest BCUT2D eigenvalue weighted by Crippen LogP contribution is 2.30. The van der Waals surface area contributed by atoms with Crippen LogP contribution in [0.4, 0.5) is 19.3 Å². The Bertz CT molecular complexity index is 885. The van der Waals surface area contributed by atoms with Crippen molar-refractivity contribution in [3.63, 3.8) is 0 Å². The van der Waals surface area contributed by atoms with Gasteiger partial charge >= 0.3 is 0 Å². The van der Waals surface area contributed by atoms with Crippen molar-refractivity contribution >= 4 is 29.5 Å². The SMILES string of the molecule is O=C(S)NC(c1cc(F)c(N2CCN(C(=O)[C@@H](O)CO)CC2)c(F)c1)c1cn[nH]n1. The summed E-state index contributed by atoms with van der Waals surface area (Å²) in [5, 5.41) is 29.9. The maximum Gasteiger partial charge on any atom is 0.276 e. The maximum atomic E-state index is 14.9. The molecule has 1 aromatic heterocycles. The van der Waals surface area contributed by atoms with Crippen molar-refractivity contribution in [2.75, 3.05) is 37.7 Å². The number of hydrogen-bond acceptors (Lipinski definition) is 7. The normalized spacial score (nSPS) is 16.3. The van der Waals surface area contributed by atoms with Crippen LogP contribution >= 0.6 is 12.6 Å². The third-order valence-corrected chi connectivity index (χ3v) is 4.86. The molecule has 1 fully saturated rings. The fraction of sp³-hybridized carbons (Fsp3) is 0.412. The smallest absolute Gasteiger partial charge is 0.276 e. The van der Waals surface area contributed by atoms with Crippen LogP contribution in [-0.4, -0.2) is 80.6 Å². The highest BCUT2D eigenvalue weighted by Gasteiger charge is 2.29. The van der Waals surface area contributed by atoms with Gasteiger partial charge in [-0.15, -0.1) is 0 Å². The molecule has 0 saturated carbocycles. The minimum Gasteiger partial charge on any atom is -0.393 e. The predicted octanol–water partition coefficient (Wildman–Crippen LogP) is -0.187. The molecular formula is C17H20F2N6O4S. The number of aromatic nitrogens is 3. The summed E-state index contributed by atoms with van der Waals surface area (Å²) in [5.74, 6) is -2.32. The van der Waals surface area contributed by atoms with Crippen molar-refractivity contribution < 1.29 is 28.6 Å². The first kappa shape index (κ1) is 21.9. The lowest BCUT2D eigenvalue weighted by molar-refractivity contribution is -0.142. The van der Waals surface area contributed by atoms with E-state index < -0.39 is 41.5 Å². The number of anilines is 1. The van der Waals surface area contributed by atoms with E-state index >= 15 is 0 Å². The van der Waals surface area contributed by atoms with Gasteiger partial charge in [-0.25, -0.2) is 8.78 Å². The minimum absolute atomic E-state index is 0.116. The van der Waals surface area contributed by atoms with E-state index in [9.17, 15) is 23.5 Å². The molecule has 2 heterocycles. The Labute approximate surface area is 175 Å². The lowest BCUT2D eigenvalue weighted by atomic mass is 10.0. The van der Waals surface area contributed by atoms with E-state index in [4.69, 9.17) is 5.11 Å². The molecule has 10 nitrogen and oxygen atoms in total. The summed E-state index contributed by atoms with van der Waals surface area (Å²) in [5.41, 5.74) is 0.105. The van der Waals surface area contributed by atoms with Gasteiger partial charge in [-0.2, -0.15) is 15.4 Å². The van der Waals surface area contributed by atoms with Gasteiger partial charge in [0, 0.05) is 26.2 Å². The summed E-state index contributed by atoms with van der Waals surface area (Å²) >= 11 is 3.65. The molecule has 4 N–H and O–H groups in total. The van der Waals surface area contributed by atoms with Crippen LogP contribution < -0.4 is 10.2 Å². The van der Waals surface area contributed by atoms with Gasteiger partial charge in [-0.1, -0.05) is 12.6 Å². The van der Waals surface area contributed by atoms with Gasteiger partial charge in [-0.3, -0.25) is 9.59 Å². The van der Waals surface area contributed by atoms with Crippen LogP contribution in [0.5, 0.6) is 0 Å². The molecule has 2 atom stereocenters. The highest BCUT2D eigenvalue weighted by molar-refractivity contribution is 7.96. The Morgan fingerprint density at radius 1 is 1.23 bits per heavy atom. The quantitative estimate of drug-likeness (QED) is 0.392. The Kier molecular flexibility index (Phi) is 6.84. The molecule has 1 unspecified atom stereocenters. The second-order valence-electron chi connectivity index (χ2n) is 6.62. The number of piperazine rings is 1. The van der Waals surface area contributed by atoms with Gasteiger partial charge in [-0.05, 0) is 17.7 Å². The molecule has 3 rings (SSSR count). The Balaban J connectivity index is 1.80. The summed E-state index contributed by atoms with van der Waals surface area (Å²) in [4.78, 5) is 26.1. The Hall–Kier alpha value is -2.77. The summed E-state index contributed by atoms with van der Waals surface area (Å²) in [6.45, 7) is -0.158. The molecule has 1 aromatic carbocycles. The second kappa shape index (κ2) is 9.36. The first-order chi connectivity index (χ1) is 14.3. The van der Waals surface area contributed by atoms with Crippen molar-refractivity contribution in [1.82, 2.24) is 25.6 Å². The number of aliphatic hydroxyl groups is 2. The van der Waals surface area contributed by atoms with Gasteiger partial charge in [0.25, 0.3) is 11.1 Å². The van der Waals surface area contributed by atoms with Crippen molar-refractivity contribution in [2.24, 2.45) is 0 Å². The number of H-pyrrole nitrogens is 1. The molecular weight excluding hydrogens is 422 g/mol. The molecule has 13 heteroatoms. The maximum absolute atomic E-state index is 14.9. The number of thiol groups is 1. The number of hydrogen-bond donors (Lipinski definition) is 5. The molecule has 0 spiro atoms. The van der Waals surface area contributed by atoms with Gasteiger partial charge in [0.2, 0.25) is 0 Å². The number of rotatable bonds is 6. The number of benzene rings is 1. The van der Waals surface area contributed by atoms with E-state index in [1.54, 1.807) is 0 Å². The Morgan fingerprint density at radius 3 is 2.37 bits per heavy atom. The largest absolute Gasteiger partial charge is 0.393 e. The van der Waals surface area contributed by atoms with Crippen molar-refractivity contribution in [3.05, 3.63) is 41.2 Å². The number of halogens is 2. The molecule has 1 saturated heterocycles. The first-order valence-electron chi connectivity index (χ1n) is 8.98. The summed E-state index contributed by atoms with van der Waals surface area (Å²) in [7, 11) is 0. The fourth-order valence-corrected chi connectivity index (χ4v) is 3.42. The zero-order valence-electron chi connectivity index (χ0n) is 15.6. The van der Waals surface area contributed by atoms with E-state index in [1.165, 1.54) is 16.0 Å². The van der Waals surface area contributed by atoms with Gasteiger partial charge < -0.3 is 25.3 Å². The molecule has 30 heavy (non-hydrogen) atoms. The average molecular weight is 442 g/mol. The molecule has 0 bridgehead atoms. The second-order valence-corrected chi connectivity index (χ2v) is 7.03. The topological polar surface area (TPSA) is 135 Å². The van der Waals surface area contributed by atoms with Crippen LogP contribution in [0.2, 0.25) is 0 Å². The fourth-order valence-electron chi connectivity index (χ4n) is 3.29. The van der Waals surface area contributed by atoms with E-state index in [2.05, 4.69) is 33.4 Å². The predicted molar refractivity (Wildman–Crippen MR) is 104 cm³/mol. The number of nitrogens with one attached hydrogen (secondary N) is 2. The van der Waals surface area contributed by atoms with E-state index in [-0.39, 0.29) is 43.1 Å². The third kappa shape index (κ3) is 4.68. The van der Waals surface area contributed by atoms with Crippen LogP contribution in [0.3, 0.4) is 0 Å². The van der Waals surface area contributed by atoms with Gasteiger partial charge in [0.15, 0.2) is 6.10 Å². The number of aromatic amines is 1. The monoisotopic (exact) mass is 442 g/mol. The third-order valence-electron chi connectivity index (χ3n) is 4.74. The number of nitrogens with zero attached hydrogens (tertiary/aromatic N) is 4. The molecule has 1 aliphatic rings. The summed E-state index contributed by atoms with van der Waals surface area (Å²) < 4.78 is 29.7. The lowest BCUT2D eigenvalue weighted by Gasteiger charge is -2.37. The molecule has 2 amide bonds. The molecule has 0 radical (unpaired) electrons. The van der Waals surface area contributed by atoms with Crippen molar-refractivity contribution in [2.45, 2.75) is 12.1 Å². The van der Waals surface area contributed by atoms with E-state index in [1.807, 2.05) is 0 Å². The highest BCUT2D eigenvalue weighted by atomic mass is 32.1. The average Bonchev–Trinajstić information content (AvgIpc) is 3.25. The van der Waals surface area contributed by atoms with Gasteiger partial charge in [0.1, 0.15) is 29.1 Å². The van der Waals surface area contributed by atoms with E-state index in [0.29, 0.717) is 0 Å². The number of amides is 2. The van der Waals surface area contributed by atoms with Crippen molar-refractivity contribution in [3.8, 4) is 0 Å².